The van der Waals surface area contributed by atoms with Crippen LogP contribution in [-0.2, 0) is 6.54 Å². The lowest BCUT2D eigenvalue weighted by molar-refractivity contribution is 0.564. The molecule has 4 heteroatoms. The largest absolute Gasteiger partial charge is 0.305 e. The maximum absolute atomic E-state index is 5.93. The van der Waals surface area contributed by atoms with Crippen LogP contribution in [0, 0.1) is 6.92 Å². The molecule has 0 fully saturated rings. The van der Waals surface area contributed by atoms with Gasteiger partial charge in [0.2, 0.25) is 0 Å². The van der Waals surface area contributed by atoms with Crippen LogP contribution in [0.1, 0.15) is 29.9 Å². The molecule has 1 aromatic carbocycles. The molecule has 0 aliphatic rings. The monoisotopic (exact) mass is 299 g/mol. The number of nitrogens with zero attached hydrogens (tertiary/aromatic N) is 2. The molecule has 0 aliphatic carbocycles. The van der Waals surface area contributed by atoms with Gasteiger partial charge in [0.25, 0.3) is 0 Å². The minimum Gasteiger partial charge on any atom is -0.305 e. The summed E-state index contributed by atoms with van der Waals surface area (Å²) in [6.45, 7) is 4.99. The number of hydrogen-bond donors (Lipinski definition) is 1. The molecule has 0 bridgehead atoms. The predicted octanol–water partition coefficient (Wildman–Crippen LogP) is 4.15. The average molecular weight is 300 g/mol. The molecule has 1 N–H and O–H groups in total. The van der Waals surface area contributed by atoms with Crippen molar-refractivity contribution in [2.24, 2.45) is 0 Å². The lowest BCUT2D eigenvalue weighted by Crippen LogP contribution is -2.19. The number of benzene rings is 1. The summed E-state index contributed by atoms with van der Waals surface area (Å²) in [5.74, 6) is 0. The van der Waals surface area contributed by atoms with Crippen molar-refractivity contribution in [3.8, 4) is 0 Å². The fourth-order valence-corrected chi connectivity index (χ4v) is 2.62. The summed E-state index contributed by atoms with van der Waals surface area (Å²) < 4.78 is 2.14. The number of fused-ring (bicyclic) bond motifs is 1. The van der Waals surface area contributed by atoms with Crippen molar-refractivity contribution in [2.75, 3.05) is 0 Å². The molecular weight excluding hydrogens is 282 g/mol. The Hall–Kier alpha value is -1.84. The maximum atomic E-state index is 5.93. The maximum Gasteiger partial charge on any atom is 0.137 e. The number of hydrogen-bond acceptors (Lipinski definition) is 2. The summed E-state index contributed by atoms with van der Waals surface area (Å²) in [6.07, 6.45) is 2.05. The van der Waals surface area contributed by atoms with E-state index in [4.69, 9.17) is 11.6 Å². The Morgan fingerprint density at radius 1 is 1.19 bits per heavy atom. The Labute approximate surface area is 129 Å². The number of nitrogens with one attached hydrogen (secondary N) is 1. The zero-order valence-electron chi connectivity index (χ0n) is 12.2. The topological polar surface area (TPSA) is 29.3 Å². The number of halogens is 1. The van der Waals surface area contributed by atoms with E-state index in [0.29, 0.717) is 0 Å². The van der Waals surface area contributed by atoms with Crippen LogP contribution in [0.3, 0.4) is 0 Å². The highest BCUT2D eigenvalue weighted by atomic mass is 35.5. The number of rotatable bonds is 4. The molecule has 0 spiro atoms. The van der Waals surface area contributed by atoms with Gasteiger partial charge in [0.15, 0.2) is 0 Å². The molecule has 0 amide bonds. The molecule has 2 aromatic heterocycles. The summed E-state index contributed by atoms with van der Waals surface area (Å²) in [4.78, 5) is 4.58. The van der Waals surface area contributed by atoms with Crippen molar-refractivity contribution >= 4 is 17.2 Å². The van der Waals surface area contributed by atoms with E-state index in [0.717, 1.165) is 22.9 Å². The molecule has 1 atom stereocenters. The molecular formula is C17H18ClN3. The minimum atomic E-state index is 0.260. The summed E-state index contributed by atoms with van der Waals surface area (Å²) in [7, 11) is 0. The number of imidazole rings is 1. The van der Waals surface area contributed by atoms with Gasteiger partial charge in [0.1, 0.15) is 5.65 Å². The normalized spacial score (nSPS) is 12.7. The Morgan fingerprint density at radius 2 is 1.95 bits per heavy atom. The molecule has 3 rings (SSSR count). The van der Waals surface area contributed by atoms with E-state index in [1.165, 1.54) is 11.3 Å². The van der Waals surface area contributed by atoms with E-state index in [-0.39, 0.29) is 6.04 Å². The van der Waals surface area contributed by atoms with Crippen molar-refractivity contribution in [1.82, 2.24) is 14.7 Å². The van der Waals surface area contributed by atoms with Crippen LogP contribution >= 0.6 is 11.6 Å². The summed E-state index contributed by atoms with van der Waals surface area (Å²) >= 11 is 5.93. The van der Waals surface area contributed by atoms with Crippen LogP contribution in [0.15, 0.2) is 48.7 Å². The van der Waals surface area contributed by atoms with E-state index in [1.807, 2.05) is 30.3 Å². The van der Waals surface area contributed by atoms with E-state index < -0.39 is 0 Å². The molecule has 108 valence electrons. The van der Waals surface area contributed by atoms with Gasteiger partial charge in [-0.25, -0.2) is 4.98 Å². The first kappa shape index (κ1) is 14.1. The highest BCUT2D eigenvalue weighted by Gasteiger charge is 2.10. The quantitative estimate of drug-likeness (QED) is 0.784. The molecule has 0 aliphatic heterocycles. The second kappa shape index (κ2) is 5.88. The van der Waals surface area contributed by atoms with Gasteiger partial charge in [-0.1, -0.05) is 29.8 Å². The van der Waals surface area contributed by atoms with Crippen LogP contribution in [0.4, 0.5) is 0 Å². The summed E-state index contributed by atoms with van der Waals surface area (Å²) in [5, 5.41) is 4.32. The van der Waals surface area contributed by atoms with Gasteiger partial charge < -0.3 is 9.72 Å². The van der Waals surface area contributed by atoms with Gasteiger partial charge in [-0.2, -0.15) is 0 Å². The van der Waals surface area contributed by atoms with Gasteiger partial charge in [0.05, 0.1) is 11.4 Å². The van der Waals surface area contributed by atoms with E-state index in [2.05, 4.69) is 46.9 Å². The first-order chi connectivity index (χ1) is 10.1. The van der Waals surface area contributed by atoms with Crippen LogP contribution in [0.2, 0.25) is 5.02 Å². The van der Waals surface area contributed by atoms with Gasteiger partial charge in [-0.05, 0) is 43.7 Å². The fourth-order valence-electron chi connectivity index (χ4n) is 2.50. The SMILES string of the molecule is Cc1nc2ccccn2c1CNC(C)c1ccc(Cl)cc1. The average Bonchev–Trinajstić information content (AvgIpc) is 2.81. The van der Waals surface area contributed by atoms with Gasteiger partial charge in [-0.15, -0.1) is 0 Å². The van der Waals surface area contributed by atoms with E-state index in [1.54, 1.807) is 0 Å². The summed E-state index contributed by atoms with van der Waals surface area (Å²) in [6, 6.07) is 14.3. The van der Waals surface area contributed by atoms with Crippen LogP contribution in [-0.4, -0.2) is 9.38 Å². The standard InChI is InChI=1S/C17H18ClN3/c1-12(14-6-8-15(18)9-7-14)19-11-16-13(2)20-17-5-3-4-10-21(16)17/h3-10,12,19H,11H2,1-2H3. The number of aryl methyl sites for hydroxylation is 1. The third-order valence-corrected chi connectivity index (χ3v) is 4.03. The predicted molar refractivity (Wildman–Crippen MR) is 86.6 cm³/mol. The van der Waals surface area contributed by atoms with Crippen molar-refractivity contribution in [2.45, 2.75) is 26.4 Å². The molecule has 0 saturated carbocycles. The van der Waals surface area contributed by atoms with Crippen molar-refractivity contribution in [1.29, 1.82) is 0 Å². The smallest absolute Gasteiger partial charge is 0.137 e. The molecule has 1 unspecified atom stereocenters. The number of aromatic nitrogens is 2. The molecule has 21 heavy (non-hydrogen) atoms. The van der Waals surface area contributed by atoms with Crippen LogP contribution < -0.4 is 5.32 Å². The third-order valence-electron chi connectivity index (χ3n) is 3.77. The Bertz CT molecular complexity index is 746. The fraction of sp³-hybridized carbons (Fsp3) is 0.235. The third kappa shape index (κ3) is 2.94. The second-order valence-corrected chi connectivity index (χ2v) is 5.66. The van der Waals surface area contributed by atoms with Gasteiger partial charge >= 0.3 is 0 Å². The molecule has 2 heterocycles. The highest BCUT2D eigenvalue weighted by Crippen LogP contribution is 2.18. The Kier molecular flexibility index (Phi) is 3.95. The molecule has 3 aromatic rings. The Morgan fingerprint density at radius 3 is 2.71 bits per heavy atom. The van der Waals surface area contributed by atoms with Crippen molar-refractivity contribution in [3.63, 3.8) is 0 Å². The van der Waals surface area contributed by atoms with E-state index in [9.17, 15) is 0 Å². The lowest BCUT2D eigenvalue weighted by Gasteiger charge is -2.14. The molecule has 0 radical (unpaired) electrons. The molecule has 3 nitrogen and oxygen atoms in total. The highest BCUT2D eigenvalue weighted by molar-refractivity contribution is 6.30. The van der Waals surface area contributed by atoms with Crippen LogP contribution in [0.25, 0.3) is 5.65 Å². The second-order valence-electron chi connectivity index (χ2n) is 5.23. The van der Waals surface area contributed by atoms with Crippen molar-refractivity contribution in [3.05, 3.63) is 70.6 Å². The van der Waals surface area contributed by atoms with Crippen molar-refractivity contribution < 1.29 is 0 Å². The van der Waals surface area contributed by atoms with Gasteiger partial charge in [0, 0.05) is 23.8 Å². The van der Waals surface area contributed by atoms with E-state index >= 15 is 0 Å². The Balaban J connectivity index is 1.77. The first-order valence-corrected chi connectivity index (χ1v) is 7.44. The molecule has 0 saturated heterocycles. The lowest BCUT2D eigenvalue weighted by atomic mass is 10.1. The van der Waals surface area contributed by atoms with Crippen LogP contribution in [0.5, 0.6) is 0 Å². The number of pyridine rings is 1. The minimum absolute atomic E-state index is 0.260. The zero-order valence-corrected chi connectivity index (χ0v) is 12.9. The van der Waals surface area contributed by atoms with Gasteiger partial charge in [-0.3, -0.25) is 0 Å². The first-order valence-electron chi connectivity index (χ1n) is 7.06. The zero-order chi connectivity index (χ0) is 14.8. The summed E-state index contributed by atoms with van der Waals surface area (Å²) in [5.41, 5.74) is 4.49.